The zero-order chi connectivity index (χ0) is 20.6. The van der Waals surface area contributed by atoms with Crippen molar-refractivity contribution in [2.24, 2.45) is 11.1 Å². The minimum absolute atomic E-state index is 0.172. The van der Waals surface area contributed by atoms with Gasteiger partial charge in [-0.25, -0.2) is 4.79 Å². The number of ether oxygens (including phenoxy) is 4. The molecule has 1 aromatic carbocycles. The maximum Gasteiger partial charge on any atom is 0.331 e. The molecule has 1 heterocycles. The number of allylic oxidation sites excluding steroid dienone is 1. The first-order chi connectivity index (χ1) is 13.3. The fraction of sp³-hybridized carbons (Fsp3) is 0.421. The van der Waals surface area contributed by atoms with Crippen molar-refractivity contribution in [1.82, 2.24) is 0 Å². The summed E-state index contributed by atoms with van der Waals surface area (Å²) in [7, 11) is 4.33. The molecule has 0 fully saturated rings. The number of oxime groups is 1. The van der Waals surface area contributed by atoms with Gasteiger partial charge in [0.15, 0.2) is 5.75 Å². The number of Topliss-reactive ketones (excluding diaryl/α,β-unsaturated/α-hetero) is 1. The van der Waals surface area contributed by atoms with Crippen LogP contribution in [0, 0.1) is 5.92 Å². The average Bonchev–Trinajstić information content (AvgIpc) is 2.98. The number of carbonyl (C=O) groups is 2. The molecule has 0 amide bonds. The maximum absolute atomic E-state index is 13.5. The molecular formula is C19H20ClNO7. The summed E-state index contributed by atoms with van der Waals surface area (Å²) in [5.41, 5.74) is -0.757. The van der Waals surface area contributed by atoms with Crippen LogP contribution in [0.15, 0.2) is 23.1 Å². The van der Waals surface area contributed by atoms with Crippen molar-refractivity contribution in [3.8, 4) is 17.2 Å². The quantitative estimate of drug-likeness (QED) is 0.557. The second-order valence-electron chi connectivity index (χ2n) is 6.45. The molecule has 3 rings (SSSR count). The van der Waals surface area contributed by atoms with Crippen molar-refractivity contribution in [1.29, 1.82) is 0 Å². The molecule has 0 saturated heterocycles. The number of nitrogens with zero attached hydrogens (tertiary/aromatic N) is 1. The molecular weight excluding hydrogens is 390 g/mol. The molecule has 9 heteroatoms. The van der Waals surface area contributed by atoms with Crippen LogP contribution in [-0.4, -0.2) is 44.4 Å². The number of carbonyl (C=O) groups excluding carboxylic acids is 2. The summed E-state index contributed by atoms with van der Waals surface area (Å²) in [6.07, 6.45) is 1.85. The molecule has 0 radical (unpaired) electrons. The molecule has 0 bridgehead atoms. The Labute approximate surface area is 167 Å². The largest absolute Gasteiger partial charge is 0.496 e. The minimum Gasteiger partial charge on any atom is -0.496 e. The Morgan fingerprint density at radius 2 is 1.93 bits per heavy atom. The SMILES string of the molecule is COC1=C/C(=N/OC(C)=O)CC(C)C12Oc1c(Cl)c(OC)cc(OC)c1C2=O. The van der Waals surface area contributed by atoms with E-state index in [9.17, 15) is 9.59 Å². The summed E-state index contributed by atoms with van der Waals surface area (Å²) in [4.78, 5) is 29.3. The van der Waals surface area contributed by atoms with Gasteiger partial charge in [0, 0.05) is 31.4 Å². The van der Waals surface area contributed by atoms with Crippen molar-refractivity contribution in [2.45, 2.75) is 25.9 Å². The Kier molecular flexibility index (Phi) is 5.25. The molecule has 0 saturated carbocycles. The average molecular weight is 410 g/mol. The smallest absolute Gasteiger partial charge is 0.331 e. The zero-order valence-corrected chi connectivity index (χ0v) is 16.9. The number of ketones is 1. The summed E-state index contributed by atoms with van der Waals surface area (Å²) >= 11 is 6.40. The van der Waals surface area contributed by atoms with Crippen LogP contribution < -0.4 is 14.2 Å². The van der Waals surface area contributed by atoms with E-state index in [0.717, 1.165) is 0 Å². The van der Waals surface area contributed by atoms with Gasteiger partial charge in [-0.1, -0.05) is 23.7 Å². The summed E-state index contributed by atoms with van der Waals surface area (Å²) in [6, 6.07) is 1.54. The van der Waals surface area contributed by atoms with Gasteiger partial charge in [-0.15, -0.1) is 0 Å². The van der Waals surface area contributed by atoms with Gasteiger partial charge in [0.1, 0.15) is 27.8 Å². The highest BCUT2D eigenvalue weighted by Gasteiger charge is 2.59. The van der Waals surface area contributed by atoms with Crippen LogP contribution in [0.25, 0.3) is 0 Å². The molecule has 2 aliphatic rings. The fourth-order valence-corrected chi connectivity index (χ4v) is 3.77. The summed E-state index contributed by atoms with van der Waals surface area (Å²) in [6.45, 7) is 3.07. The van der Waals surface area contributed by atoms with Gasteiger partial charge < -0.3 is 23.8 Å². The lowest BCUT2D eigenvalue weighted by molar-refractivity contribution is -0.140. The molecule has 1 spiro atoms. The monoisotopic (exact) mass is 409 g/mol. The molecule has 28 heavy (non-hydrogen) atoms. The number of hydrogen-bond donors (Lipinski definition) is 0. The second kappa shape index (κ2) is 7.35. The molecule has 0 N–H and O–H groups in total. The predicted octanol–water partition coefficient (Wildman–Crippen LogP) is 3.16. The van der Waals surface area contributed by atoms with Crippen LogP contribution in [0.1, 0.15) is 30.6 Å². The summed E-state index contributed by atoms with van der Waals surface area (Å²) < 4.78 is 22.3. The lowest BCUT2D eigenvalue weighted by Crippen LogP contribution is -2.51. The highest BCUT2D eigenvalue weighted by Crippen LogP contribution is 2.54. The standard InChI is InChI=1S/C19H20ClNO7/c1-9-6-11(21-28-10(2)22)7-14(26-5)19(9)18(23)15-12(24-3)8-13(25-4)16(20)17(15)27-19/h7-9H,6H2,1-5H3/b21-11+. The Bertz CT molecular complexity index is 908. The first kappa shape index (κ1) is 20.0. The Balaban J connectivity index is 2.15. The van der Waals surface area contributed by atoms with Crippen LogP contribution in [-0.2, 0) is 14.4 Å². The van der Waals surface area contributed by atoms with Gasteiger partial charge in [-0.2, -0.15) is 0 Å². The second-order valence-corrected chi connectivity index (χ2v) is 6.83. The number of rotatable bonds is 4. The molecule has 2 atom stereocenters. The van der Waals surface area contributed by atoms with Crippen LogP contribution in [0.4, 0.5) is 0 Å². The number of fused-ring (bicyclic) bond motifs is 1. The Hall–Kier alpha value is -2.74. The molecule has 2 unspecified atom stereocenters. The van der Waals surface area contributed by atoms with Gasteiger partial charge in [0.25, 0.3) is 0 Å². The lowest BCUT2D eigenvalue weighted by Gasteiger charge is -2.37. The third-order valence-corrected chi connectivity index (χ3v) is 5.16. The number of hydrogen-bond acceptors (Lipinski definition) is 8. The lowest BCUT2D eigenvalue weighted by atomic mass is 9.75. The van der Waals surface area contributed by atoms with E-state index in [1.807, 2.05) is 6.92 Å². The van der Waals surface area contributed by atoms with Crippen molar-refractivity contribution in [3.63, 3.8) is 0 Å². The van der Waals surface area contributed by atoms with Crippen molar-refractivity contribution in [2.75, 3.05) is 21.3 Å². The van der Waals surface area contributed by atoms with Crippen LogP contribution in [0.3, 0.4) is 0 Å². The minimum atomic E-state index is -1.43. The highest BCUT2D eigenvalue weighted by atomic mass is 35.5. The predicted molar refractivity (Wildman–Crippen MR) is 100 cm³/mol. The van der Waals surface area contributed by atoms with E-state index >= 15 is 0 Å². The molecule has 8 nitrogen and oxygen atoms in total. The molecule has 0 aromatic heterocycles. The van der Waals surface area contributed by atoms with E-state index in [1.165, 1.54) is 34.3 Å². The van der Waals surface area contributed by atoms with E-state index in [4.69, 9.17) is 35.4 Å². The van der Waals surface area contributed by atoms with Crippen LogP contribution in [0.5, 0.6) is 17.2 Å². The van der Waals surface area contributed by atoms with Crippen LogP contribution in [0.2, 0.25) is 5.02 Å². The van der Waals surface area contributed by atoms with Gasteiger partial charge in [-0.3, -0.25) is 4.79 Å². The van der Waals surface area contributed by atoms with E-state index < -0.39 is 17.5 Å². The summed E-state index contributed by atoms with van der Waals surface area (Å²) in [5.74, 6) is -0.249. The normalized spacial score (nSPS) is 24.5. The van der Waals surface area contributed by atoms with Crippen molar-refractivity contribution >= 4 is 29.1 Å². The third-order valence-electron chi connectivity index (χ3n) is 4.80. The number of methoxy groups -OCH3 is 3. The fourth-order valence-electron chi connectivity index (χ4n) is 3.50. The Morgan fingerprint density at radius 3 is 2.50 bits per heavy atom. The highest BCUT2D eigenvalue weighted by molar-refractivity contribution is 6.35. The first-order valence-corrected chi connectivity index (χ1v) is 8.86. The van der Waals surface area contributed by atoms with Crippen molar-refractivity contribution in [3.05, 3.63) is 28.5 Å². The van der Waals surface area contributed by atoms with Crippen LogP contribution >= 0.6 is 11.6 Å². The molecule has 1 aromatic rings. The van der Waals surface area contributed by atoms with Gasteiger partial charge in [0.05, 0.1) is 27.0 Å². The van der Waals surface area contributed by atoms with E-state index in [1.54, 1.807) is 6.07 Å². The number of benzene rings is 1. The maximum atomic E-state index is 13.5. The topological polar surface area (TPSA) is 92.7 Å². The molecule has 1 aliphatic heterocycles. The zero-order valence-electron chi connectivity index (χ0n) is 16.1. The van der Waals surface area contributed by atoms with Gasteiger partial charge >= 0.3 is 5.97 Å². The molecule has 1 aliphatic carbocycles. The van der Waals surface area contributed by atoms with E-state index in [-0.39, 0.29) is 27.9 Å². The van der Waals surface area contributed by atoms with E-state index in [2.05, 4.69) is 5.16 Å². The summed E-state index contributed by atoms with van der Waals surface area (Å²) in [5, 5.41) is 3.98. The van der Waals surface area contributed by atoms with Crippen molar-refractivity contribution < 1.29 is 33.4 Å². The molecule has 150 valence electrons. The Morgan fingerprint density at radius 1 is 1.25 bits per heavy atom. The number of halogens is 1. The van der Waals surface area contributed by atoms with E-state index in [0.29, 0.717) is 23.6 Å². The third kappa shape index (κ3) is 2.88. The van der Waals surface area contributed by atoms with Gasteiger partial charge in [0.2, 0.25) is 11.4 Å². The first-order valence-electron chi connectivity index (χ1n) is 8.49. The van der Waals surface area contributed by atoms with Gasteiger partial charge in [-0.05, 0) is 0 Å².